The van der Waals surface area contributed by atoms with Gasteiger partial charge in [0.05, 0.1) is 0 Å². The van der Waals surface area contributed by atoms with Crippen molar-refractivity contribution in [2.24, 2.45) is 5.92 Å². The van der Waals surface area contributed by atoms with E-state index in [9.17, 15) is 0 Å². The van der Waals surface area contributed by atoms with E-state index in [1.807, 2.05) is 24.3 Å². The molecule has 0 radical (unpaired) electrons. The van der Waals surface area contributed by atoms with Crippen LogP contribution in [0.2, 0.25) is 0 Å². The lowest BCUT2D eigenvalue weighted by Gasteiger charge is -2.15. The molecule has 4 nitrogen and oxygen atoms in total. The lowest BCUT2D eigenvalue weighted by molar-refractivity contribution is 0.472. The lowest BCUT2D eigenvalue weighted by Crippen LogP contribution is -2.14. The van der Waals surface area contributed by atoms with Crippen LogP contribution in [0.25, 0.3) is 22.1 Å². The standard InChI is InChI=1S/C18H23N3O/c1-3-5-8-13(4-2)11-19-18-17-16(20-12-21-18)14-9-6-7-10-15(14)22-17/h6-7,9-10,12-13H,3-5,8,11H2,1-2H3,(H,19,20,21)/t13-/m1/s1. The average molecular weight is 297 g/mol. The summed E-state index contributed by atoms with van der Waals surface area (Å²) < 4.78 is 5.94. The number of aromatic nitrogens is 2. The minimum Gasteiger partial charge on any atom is -0.450 e. The first-order valence-corrected chi connectivity index (χ1v) is 8.19. The van der Waals surface area contributed by atoms with E-state index in [-0.39, 0.29) is 0 Å². The van der Waals surface area contributed by atoms with Crippen molar-refractivity contribution < 1.29 is 4.42 Å². The molecule has 0 spiro atoms. The second-order valence-corrected chi connectivity index (χ2v) is 5.80. The van der Waals surface area contributed by atoms with Crippen LogP contribution in [0.5, 0.6) is 0 Å². The largest absolute Gasteiger partial charge is 0.450 e. The minimum absolute atomic E-state index is 0.675. The van der Waals surface area contributed by atoms with Gasteiger partial charge in [-0.3, -0.25) is 0 Å². The molecular weight excluding hydrogens is 274 g/mol. The van der Waals surface area contributed by atoms with E-state index in [0.29, 0.717) is 5.92 Å². The molecule has 1 N–H and O–H groups in total. The van der Waals surface area contributed by atoms with Gasteiger partial charge in [0.2, 0.25) is 0 Å². The third-order valence-electron chi connectivity index (χ3n) is 4.26. The van der Waals surface area contributed by atoms with E-state index < -0.39 is 0 Å². The van der Waals surface area contributed by atoms with Crippen LogP contribution in [0.3, 0.4) is 0 Å². The first kappa shape index (κ1) is 14.8. The monoisotopic (exact) mass is 297 g/mol. The molecule has 0 unspecified atom stereocenters. The van der Waals surface area contributed by atoms with Gasteiger partial charge in [-0.1, -0.05) is 45.2 Å². The maximum Gasteiger partial charge on any atom is 0.196 e. The quantitative estimate of drug-likeness (QED) is 0.666. The summed E-state index contributed by atoms with van der Waals surface area (Å²) in [5.41, 5.74) is 2.50. The predicted molar refractivity (Wildman–Crippen MR) is 91.1 cm³/mol. The van der Waals surface area contributed by atoms with Crippen molar-refractivity contribution in [3.8, 4) is 0 Å². The van der Waals surface area contributed by atoms with Gasteiger partial charge in [0.1, 0.15) is 17.4 Å². The van der Waals surface area contributed by atoms with Crippen LogP contribution in [-0.4, -0.2) is 16.5 Å². The van der Waals surface area contributed by atoms with Crippen molar-refractivity contribution in [3.05, 3.63) is 30.6 Å². The van der Waals surface area contributed by atoms with Crippen LogP contribution < -0.4 is 5.32 Å². The number of anilines is 1. The maximum atomic E-state index is 5.94. The molecule has 0 bridgehead atoms. The van der Waals surface area contributed by atoms with Crippen molar-refractivity contribution in [3.63, 3.8) is 0 Å². The Morgan fingerprint density at radius 1 is 1.18 bits per heavy atom. The molecule has 116 valence electrons. The zero-order chi connectivity index (χ0) is 15.4. The number of unbranched alkanes of at least 4 members (excludes halogenated alkanes) is 1. The Balaban J connectivity index is 1.84. The highest BCUT2D eigenvalue weighted by Crippen LogP contribution is 2.30. The van der Waals surface area contributed by atoms with E-state index in [1.54, 1.807) is 6.33 Å². The van der Waals surface area contributed by atoms with E-state index in [4.69, 9.17) is 4.42 Å². The first-order chi connectivity index (χ1) is 10.8. The number of rotatable bonds is 7. The topological polar surface area (TPSA) is 51.0 Å². The summed E-state index contributed by atoms with van der Waals surface area (Å²) in [4.78, 5) is 8.75. The molecule has 2 aromatic heterocycles. The van der Waals surface area contributed by atoms with Gasteiger partial charge in [0.25, 0.3) is 0 Å². The van der Waals surface area contributed by atoms with Crippen LogP contribution in [0.15, 0.2) is 35.0 Å². The van der Waals surface area contributed by atoms with E-state index >= 15 is 0 Å². The first-order valence-electron chi connectivity index (χ1n) is 8.19. The van der Waals surface area contributed by atoms with Crippen molar-refractivity contribution in [2.45, 2.75) is 39.5 Å². The number of para-hydroxylation sites is 1. The Morgan fingerprint density at radius 3 is 2.86 bits per heavy atom. The van der Waals surface area contributed by atoms with Crippen LogP contribution in [0, 0.1) is 5.92 Å². The van der Waals surface area contributed by atoms with Crippen molar-refractivity contribution in [2.75, 3.05) is 11.9 Å². The number of nitrogens with one attached hydrogen (secondary N) is 1. The van der Waals surface area contributed by atoms with Crippen molar-refractivity contribution in [1.29, 1.82) is 0 Å². The molecule has 0 aliphatic heterocycles. The number of furan rings is 1. The Bertz CT molecular complexity index is 750. The summed E-state index contributed by atoms with van der Waals surface area (Å²) in [6, 6.07) is 7.98. The van der Waals surface area contributed by atoms with Crippen molar-refractivity contribution in [1.82, 2.24) is 9.97 Å². The minimum atomic E-state index is 0.675. The third kappa shape index (κ3) is 2.91. The highest BCUT2D eigenvalue weighted by molar-refractivity contribution is 6.05. The van der Waals surface area contributed by atoms with Gasteiger partial charge in [-0.2, -0.15) is 0 Å². The molecule has 2 heterocycles. The molecule has 3 rings (SSSR count). The Hall–Kier alpha value is -2.10. The van der Waals surface area contributed by atoms with Gasteiger partial charge in [0, 0.05) is 11.9 Å². The Labute approximate surface area is 130 Å². The smallest absolute Gasteiger partial charge is 0.196 e. The fourth-order valence-corrected chi connectivity index (χ4v) is 2.83. The summed E-state index contributed by atoms with van der Waals surface area (Å²) in [6.07, 6.45) is 6.58. The molecule has 0 aliphatic rings. The number of benzene rings is 1. The second kappa shape index (κ2) is 6.77. The zero-order valence-electron chi connectivity index (χ0n) is 13.3. The number of hydrogen-bond donors (Lipinski definition) is 1. The molecule has 22 heavy (non-hydrogen) atoms. The number of hydrogen-bond acceptors (Lipinski definition) is 4. The van der Waals surface area contributed by atoms with Gasteiger partial charge >= 0.3 is 0 Å². The van der Waals surface area contributed by atoms with Gasteiger partial charge in [-0.15, -0.1) is 0 Å². The molecule has 1 atom stereocenters. The molecule has 0 fully saturated rings. The highest BCUT2D eigenvalue weighted by atomic mass is 16.3. The molecule has 0 saturated carbocycles. The highest BCUT2D eigenvalue weighted by Gasteiger charge is 2.13. The maximum absolute atomic E-state index is 5.94. The zero-order valence-corrected chi connectivity index (χ0v) is 13.3. The fourth-order valence-electron chi connectivity index (χ4n) is 2.83. The molecular formula is C18H23N3O. The molecule has 1 aromatic carbocycles. The predicted octanol–water partition coefficient (Wildman–Crippen LogP) is 5.00. The van der Waals surface area contributed by atoms with E-state index in [2.05, 4.69) is 29.1 Å². The molecule has 3 aromatic rings. The van der Waals surface area contributed by atoms with Crippen LogP contribution in [0.4, 0.5) is 5.82 Å². The van der Waals surface area contributed by atoms with Gasteiger partial charge < -0.3 is 9.73 Å². The van der Waals surface area contributed by atoms with Crippen molar-refractivity contribution >= 4 is 27.9 Å². The number of nitrogens with zero attached hydrogens (tertiary/aromatic N) is 2. The summed E-state index contributed by atoms with van der Waals surface area (Å²) in [7, 11) is 0. The molecule has 4 heteroatoms. The summed E-state index contributed by atoms with van der Waals surface area (Å²) in [5.74, 6) is 1.48. The summed E-state index contributed by atoms with van der Waals surface area (Å²) in [6.45, 7) is 5.42. The number of fused-ring (bicyclic) bond motifs is 3. The van der Waals surface area contributed by atoms with Crippen LogP contribution in [-0.2, 0) is 0 Å². The lowest BCUT2D eigenvalue weighted by atomic mass is 9.99. The van der Waals surface area contributed by atoms with Gasteiger partial charge in [0.15, 0.2) is 11.4 Å². The Kier molecular flexibility index (Phi) is 4.56. The molecule has 0 aliphatic carbocycles. The molecule has 0 saturated heterocycles. The average Bonchev–Trinajstić information content (AvgIpc) is 2.94. The fraction of sp³-hybridized carbons (Fsp3) is 0.444. The molecule has 0 amide bonds. The van der Waals surface area contributed by atoms with Crippen LogP contribution in [0.1, 0.15) is 39.5 Å². The SMILES string of the molecule is CCCC[C@@H](CC)CNc1ncnc2c1oc1ccccc12. The van der Waals surface area contributed by atoms with Gasteiger partial charge in [-0.05, 0) is 24.5 Å². The summed E-state index contributed by atoms with van der Waals surface area (Å²) in [5, 5.41) is 4.51. The normalized spacial score (nSPS) is 12.8. The second-order valence-electron chi connectivity index (χ2n) is 5.80. The summed E-state index contributed by atoms with van der Waals surface area (Å²) >= 11 is 0. The van der Waals surface area contributed by atoms with Gasteiger partial charge in [-0.25, -0.2) is 9.97 Å². The van der Waals surface area contributed by atoms with E-state index in [0.717, 1.165) is 34.4 Å². The van der Waals surface area contributed by atoms with E-state index in [1.165, 1.54) is 25.7 Å². The van der Waals surface area contributed by atoms with Crippen LogP contribution >= 0.6 is 0 Å². The Morgan fingerprint density at radius 2 is 2.05 bits per heavy atom. The third-order valence-corrected chi connectivity index (χ3v) is 4.26.